The summed E-state index contributed by atoms with van der Waals surface area (Å²) in [5.74, 6) is 0.819. The molecule has 25 heavy (non-hydrogen) atoms. The van der Waals surface area contributed by atoms with E-state index in [1.165, 1.54) is 25.0 Å². The third-order valence-corrected chi connectivity index (χ3v) is 5.79. The first-order valence-electron chi connectivity index (χ1n) is 9.45. The molecule has 0 unspecified atom stereocenters. The van der Waals surface area contributed by atoms with Crippen molar-refractivity contribution in [3.8, 4) is 0 Å². The largest absolute Gasteiger partial charge is 0.380 e. The van der Waals surface area contributed by atoms with Gasteiger partial charge in [0.1, 0.15) is 0 Å². The summed E-state index contributed by atoms with van der Waals surface area (Å²) < 4.78 is 7.78. The number of fused-ring (bicyclic) bond motifs is 1. The fourth-order valence-electron chi connectivity index (χ4n) is 4.48. The molecule has 0 amide bonds. The van der Waals surface area contributed by atoms with Gasteiger partial charge < -0.3 is 4.74 Å². The average molecular weight is 343 g/mol. The van der Waals surface area contributed by atoms with Crippen molar-refractivity contribution >= 4 is 5.78 Å². The maximum atomic E-state index is 5.68. The molecule has 1 aliphatic heterocycles. The van der Waals surface area contributed by atoms with Gasteiger partial charge in [-0.2, -0.15) is 0 Å². The first-order valence-corrected chi connectivity index (χ1v) is 9.45. The van der Waals surface area contributed by atoms with Crippen LogP contribution in [0.3, 0.4) is 0 Å². The SMILES string of the molecule is CO[C@@H]1CCC[C@H]1N1CCN(Cc2cn3c(C)cc(C)nc3n2)CC1. The summed E-state index contributed by atoms with van der Waals surface area (Å²) in [6.45, 7) is 9.52. The maximum absolute atomic E-state index is 5.68. The van der Waals surface area contributed by atoms with E-state index >= 15 is 0 Å². The summed E-state index contributed by atoms with van der Waals surface area (Å²) in [4.78, 5) is 14.4. The summed E-state index contributed by atoms with van der Waals surface area (Å²) in [6, 6.07) is 2.72. The predicted molar refractivity (Wildman–Crippen MR) is 97.7 cm³/mol. The molecule has 2 atom stereocenters. The van der Waals surface area contributed by atoms with Crippen molar-refractivity contribution < 1.29 is 4.74 Å². The maximum Gasteiger partial charge on any atom is 0.234 e. The van der Waals surface area contributed by atoms with E-state index in [1.807, 2.05) is 14.0 Å². The van der Waals surface area contributed by atoms with Crippen LogP contribution in [0, 0.1) is 13.8 Å². The van der Waals surface area contributed by atoms with Crippen molar-refractivity contribution in [1.82, 2.24) is 24.2 Å². The minimum atomic E-state index is 0.433. The standard InChI is InChI=1S/C19H29N5O/c1-14-11-15(2)24-13-16(21-19(24)20-14)12-22-7-9-23(10-8-22)17-5-4-6-18(17)25-3/h11,13,17-18H,4-10,12H2,1-3H3/t17-,18-/m1/s1. The molecule has 0 N–H and O–H groups in total. The van der Waals surface area contributed by atoms with Crippen molar-refractivity contribution in [1.29, 1.82) is 0 Å². The van der Waals surface area contributed by atoms with Crippen LogP contribution in [0.2, 0.25) is 0 Å². The Labute approximate surface area is 149 Å². The van der Waals surface area contributed by atoms with E-state index in [4.69, 9.17) is 9.72 Å². The van der Waals surface area contributed by atoms with Crippen molar-refractivity contribution in [2.24, 2.45) is 0 Å². The molecule has 3 heterocycles. The predicted octanol–water partition coefficient (Wildman–Crippen LogP) is 2.03. The van der Waals surface area contributed by atoms with Crippen LogP contribution in [-0.4, -0.2) is 69.6 Å². The van der Waals surface area contributed by atoms with Gasteiger partial charge in [-0.15, -0.1) is 0 Å². The van der Waals surface area contributed by atoms with Crippen molar-refractivity contribution in [3.63, 3.8) is 0 Å². The molecule has 0 bridgehead atoms. The monoisotopic (exact) mass is 343 g/mol. The average Bonchev–Trinajstić information content (AvgIpc) is 3.22. The van der Waals surface area contributed by atoms with Crippen LogP contribution in [0.4, 0.5) is 0 Å². The number of aromatic nitrogens is 3. The quantitative estimate of drug-likeness (QED) is 0.850. The third kappa shape index (κ3) is 3.43. The lowest BCUT2D eigenvalue weighted by molar-refractivity contribution is 0.00932. The molecule has 136 valence electrons. The van der Waals surface area contributed by atoms with Gasteiger partial charge in [0, 0.05) is 63.5 Å². The number of methoxy groups -OCH3 is 1. The van der Waals surface area contributed by atoms with E-state index in [-0.39, 0.29) is 0 Å². The zero-order valence-electron chi connectivity index (χ0n) is 15.6. The molecule has 1 aliphatic carbocycles. The molecule has 2 aromatic rings. The Kier molecular flexibility index (Phi) is 4.75. The highest BCUT2D eigenvalue weighted by atomic mass is 16.5. The summed E-state index contributed by atoms with van der Waals surface area (Å²) in [6.07, 6.45) is 6.38. The third-order valence-electron chi connectivity index (χ3n) is 5.79. The number of rotatable bonds is 4. The second-order valence-corrected chi connectivity index (χ2v) is 7.53. The molecule has 0 spiro atoms. The fourth-order valence-corrected chi connectivity index (χ4v) is 4.48. The number of nitrogens with zero attached hydrogens (tertiary/aromatic N) is 5. The van der Waals surface area contributed by atoms with Crippen LogP contribution in [0.25, 0.3) is 5.78 Å². The van der Waals surface area contributed by atoms with Crippen LogP contribution in [0.5, 0.6) is 0 Å². The number of hydrogen-bond donors (Lipinski definition) is 0. The Bertz CT molecular complexity index is 735. The first kappa shape index (κ1) is 16.9. The van der Waals surface area contributed by atoms with E-state index < -0.39 is 0 Å². The van der Waals surface area contributed by atoms with Crippen LogP contribution >= 0.6 is 0 Å². The van der Waals surface area contributed by atoms with E-state index in [0.29, 0.717) is 12.1 Å². The van der Waals surface area contributed by atoms with Gasteiger partial charge in [0.15, 0.2) is 0 Å². The number of piperazine rings is 1. The molecule has 6 heteroatoms. The molecular weight excluding hydrogens is 314 g/mol. The summed E-state index contributed by atoms with van der Waals surface area (Å²) in [7, 11) is 1.86. The van der Waals surface area contributed by atoms with E-state index in [2.05, 4.69) is 38.4 Å². The second kappa shape index (κ2) is 7.02. The van der Waals surface area contributed by atoms with Crippen molar-refractivity contribution in [2.75, 3.05) is 33.3 Å². The first-order chi connectivity index (χ1) is 12.1. The van der Waals surface area contributed by atoms with Gasteiger partial charge in [0.25, 0.3) is 0 Å². The molecule has 1 saturated carbocycles. The molecule has 2 aliphatic rings. The van der Waals surface area contributed by atoms with Crippen molar-refractivity contribution in [3.05, 3.63) is 29.3 Å². The second-order valence-electron chi connectivity index (χ2n) is 7.53. The minimum absolute atomic E-state index is 0.433. The Morgan fingerprint density at radius 3 is 2.68 bits per heavy atom. The highest BCUT2D eigenvalue weighted by Crippen LogP contribution is 2.27. The normalized spacial score (nSPS) is 25.9. The Hall–Kier alpha value is -1.50. The topological polar surface area (TPSA) is 45.9 Å². The Morgan fingerprint density at radius 1 is 1.12 bits per heavy atom. The smallest absolute Gasteiger partial charge is 0.234 e. The Balaban J connectivity index is 1.38. The van der Waals surface area contributed by atoms with Crippen LogP contribution < -0.4 is 0 Å². The van der Waals surface area contributed by atoms with Gasteiger partial charge in [0.05, 0.1) is 11.8 Å². The van der Waals surface area contributed by atoms with Crippen LogP contribution in [-0.2, 0) is 11.3 Å². The molecule has 2 aromatic heterocycles. The van der Waals surface area contributed by atoms with Gasteiger partial charge >= 0.3 is 0 Å². The van der Waals surface area contributed by atoms with Gasteiger partial charge in [-0.05, 0) is 39.2 Å². The van der Waals surface area contributed by atoms with Crippen molar-refractivity contribution in [2.45, 2.75) is 51.8 Å². The van der Waals surface area contributed by atoms with Crippen LogP contribution in [0.1, 0.15) is 36.3 Å². The molecule has 1 saturated heterocycles. The van der Waals surface area contributed by atoms with E-state index in [9.17, 15) is 0 Å². The number of hydrogen-bond acceptors (Lipinski definition) is 5. The van der Waals surface area contributed by atoms with Gasteiger partial charge in [-0.25, -0.2) is 9.97 Å². The zero-order chi connectivity index (χ0) is 17.4. The minimum Gasteiger partial charge on any atom is -0.380 e. The summed E-state index contributed by atoms with van der Waals surface area (Å²) in [5.41, 5.74) is 3.34. The van der Waals surface area contributed by atoms with E-state index in [1.54, 1.807) is 0 Å². The molecular formula is C19H29N5O. The lowest BCUT2D eigenvalue weighted by atomic mass is 10.1. The lowest BCUT2D eigenvalue weighted by Gasteiger charge is -2.39. The lowest BCUT2D eigenvalue weighted by Crippen LogP contribution is -2.52. The molecule has 2 fully saturated rings. The molecule has 4 rings (SSSR count). The van der Waals surface area contributed by atoms with Crippen LogP contribution in [0.15, 0.2) is 12.3 Å². The number of imidazole rings is 1. The number of ether oxygens (including phenoxy) is 1. The highest BCUT2D eigenvalue weighted by Gasteiger charge is 2.33. The molecule has 0 radical (unpaired) electrons. The zero-order valence-corrected chi connectivity index (χ0v) is 15.6. The Morgan fingerprint density at radius 2 is 1.92 bits per heavy atom. The summed E-state index contributed by atoms with van der Waals surface area (Å²) in [5, 5.41) is 0. The van der Waals surface area contributed by atoms with Gasteiger partial charge in [-0.3, -0.25) is 14.2 Å². The summed E-state index contributed by atoms with van der Waals surface area (Å²) >= 11 is 0. The van der Waals surface area contributed by atoms with Gasteiger partial charge in [0.2, 0.25) is 5.78 Å². The fraction of sp³-hybridized carbons (Fsp3) is 0.684. The number of aryl methyl sites for hydroxylation is 2. The molecule has 0 aromatic carbocycles. The van der Waals surface area contributed by atoms with E-state index in [0.717, 1.165) is 49.9 Å². The highest BCUT2D eigenvalue weighted by molar-refractivity contribution is 5.34. The molecule has 6 nitrogen and oxygen atoms in total. The van der Waals surface area contributed by atoms with Gasteiger partial charge in [-0.1, -0.05) is 0 Å².